The van der Waals surface area contributed by atoms with E-state index >= 15 is 0 Å². The van der Waals surface area contributed by atoms with Gasteiger partial charge in [-0.25, -0.2) is 19.5 Å². The molecule has 0 spiro atoms. The van der Waals surface area contributed by atoms with Gasteiger partial charge in [-0.3, -0.25) is 0 Å². The zero-order chi connectivity index (χ0) is 28.6. The summed E-state index contributed by atoms with van der Waals surface area (Å²) in [5.74, 6) is 3.10. The summed E-state index contributed by atoms with van der Waals surface area (Å²) in [6.45, 7) is 14.1. The monoisotopic (exact) mass is 572 g/mol. The van der Waals surface area contributed by atoms with Gasteiger partial charge in [0.1, 0.15) is 5.03 Å². The zero-order valence-corrected chi connectivity index (χ0v) is 24.3. The van der Waals surface area contributed by atoms with Gasteiger partial charge in [0.2, 0.25) is 9.84 Å². The standard InChI is InChI=1S/C26H28N4O3S2.C2H6.H4NO/c1-18-11-16-33-24(18)19(2)29-12-14-30(15-13-29)21-9-7-20(8-10-21)17-28-26-25(27)34-22-5-3-4-6-23(22)35(26,31)32;2*1-2/h3-11,16,28H,2,12-15,17,27H2,1H3;1-2H3;2H,1H3/q;;+1. The van der Waals surface area contributed by atoms with E-state index in [4.69, 9.17) is 15.4 Å². The van der Waals surface area contributed by atoms with Crippen molar-refractivity contribution in [1.29, 1.82) is 0 Å². The molecule has 7 N–H and O–H groups in total. The van der Waals surface area contributed by atoms with Crippen molar-refractivity contribution < 1.29 is 23.9 Å². The number of sulfone groups is 1. The number of rotatable bonds is 6. The normalized spacial score (nSPS) is 15.8. The highest BCUT2D eigenvalue weighted by Gasteiger charge is 2.31. The van der Waals surface area contributed by atoms with Crippen LogP contribution in [0.15, 0.2) is 91.7 Å². The predicted molar refractivity (Wildman–Crippen MR) is 156 cm³/mol. The molecular weight excluding hydrogens is 534 g/mol. The van der Waals surface area contributed by atoms with Crippen LogP contribution in [0.5, 0.6) is 0 Å². The van der Waals surface area contributed by atoms with Gasteiger partial charge < -0.3 is 25.3 Å². The topological polar surface area (TPSA) is 140 Å². The van der Waals surface area contributed by atoms with Gasteiger partial charge in [0.05, 0.1) is 16.9 Å². The first-order valence-corrected chi connectivity index (χ1v) is 15.0. The molecule has 0 radical (unpaired) electrons. The highest BCUT2D eigenvalue weighted by atomic mass is 32.2. The van der Waals surface area contributed by atoms with Crippen LogP contribution < -0.4 is 21.8 Å². The summed E-state index contributed by atoms with van der Waals surface area (Å²) < 4.78 is 31.7. The Morgan fingerprint density at radius 2 is 1.72 bits per heavy atom. The summed E-state index contributed by atoms with van der Waals surface area (Å²) in [5, 5.41) is 10.2. The van der Waals surface area contributed by atoms with E-state index in [0.29, 0.717) is 16.3 Å². The number of fused-ring (bicyclic) bond motifs is 1. The molecule has 2 aliphatic heterocycles. The van der Waals surface area contributed by atoms with Crippen LogP contribution in [0.3, 0.4) is 0 Å². The quantitative estimate of drug-likeness (QED) is 0.325. The first-order chi connectivity index (χ1) is 18.8. The molecule has 0 atom stereocenters. The Kier molecular flexibility index (Phi) is 10.5. The molecule has 39 heavy (non-hydrogen) atoms. The minimum absolute atomic E-state index is 0.0772. The summed E-state index contributed by atoms with van der Waals surface area (Å²) in [4.78, 5) is 5.55. The van der Waals surface area contributed by atoms with E-state index in [1.807, 2.05) is 45.0 Å². The molecule has 0 aliphatic carbocycles. The molecule has 3 aromatic rings. The molecule has 2 aromatic carbocycles. The number of nitrogens with zero attached hydrogens (tertiary/aromatic N) is 2. The molecule has 2 aliphatic rings. The number of quaternary nitrogens is 1. The van der Waals surface area contributed by atoms with Crippen molar-refractivity contribution in [3.05, 3.63) is 94.4 Å². The summed E-state index contributed by atoms with van der Waals surface area (Å²) in [6.07, 6.45) is 1.70. The molecule has 0 bridgehead atoms. The Morgan fingerprint density at radius 1 is 1.08 bits per heavy atom. The van der Waals surface area contributed by atoms with E-state index in [-0.39, 0.29) is 10.1 Å². The van der Waals surface area contributed by atoms with Crippen molar-refractivity contribution in [2.75, 3.05) is 31.1 Å². The molecule has 210 valence electrons. The van der Waals surface area contributed by atoms with Crippen LogP contribution >= 0.6 is 11.8 Å². The van der Waals surface area contributed by atoms with Crippen LogP contribution in [0.4, 0.5) is 5.69 Å². The van der Waals surface area contributed by atoms with Gasteiger partial charge >= 0.3 is 0 Å². The van der Waals surface area contributed by atoms with Gasteiger partial charge in [-0.2, -0.15) is 0 Å². The maximum absolute atomic E-state index is 13.0. The second-order valence-electron chi connectivity index (χ2n) is 8.62. The second kappa shape index (κ2) is 13.6. The third kappa shape index (κ3) is 6.62. The number of furan rings is 1. The molecule has 9 nitrogen and oxygen atoms in total. The van der Waals surface area contributed by atoms with Crippen molar-refractivity contribution in [1.82, 2.24) is 10.2 Å². The van der Waals surface area contributed by atoms with Crippen LogP contribution in [0.25, 0.3) is 5.70 Å². The Hall–Kier alpha value is -3.38. The third-order valence-corrected chi connectivity index (χ3v) is 9.49. The third-order valence-electron chi connectivity index (χ3n) is 6.39. The van der Waals surface area contributed by atoms with E-state index < -0.39 is 9.84 Å². The molecule has 11 heteroatoms. The molecule has 0 unspecified atom stereocenters. The van der Waals surface area contributed by atoms with Crippen LogP contribution in [0.2, 0.25) is 0 Å². The Morgan fingerprint density at radius 3 is 2.33 bits per heavy atom. The maximum atomic E-state index is 13.0. The van der Waals surface area contributed by atoms with Gasteiger partial charge in [-0.15, -0.1) is 0 Å². The molecule has 1 fully saturated rings. The predicted octanol–water partition coefficient (Wildman–Crippen LogP) is 3.78. The second-order valence-corrected chi connectivity index (χ2v) is 11.6. The molecule has 1 aromatic heterocycles. The van der Waals surface area contributed by atoms with E-state index in [2.05, 4.69) is 39.7 Å². The lowest BCUT2D eigenvalue weighted by atomic mass is 10.1. The van der Waals surface area contributed by atoms with Gasteiger partial charge in [-0.05, 0) is 48.4 Å². The first-order valence-electron chi connectivity index (χ1n) is 12.7. The van der Waals surface area contributed by atoms with Crippen molar-refractivity contribution in [2.24, 2.45) is 5.73 Å². The molecule has 0 saturated carbocycles. The summed E-state index contributed by atoms with van der Waals surface area (Å²) >= 11 is 1.27. The van der Waals surface area contributed by atoms with Gasteiger partial charge in [0.15, 0.2) is 10.8 Å². The van der Waals surface area contributed by atoms with Gasteiger partial charge in [0.25, 0.3) is 0 Å². The highest BCUT2D eigenvalue weighted by molar-refractivity contribution is 8.06. The van der Waals surface area contributed by atoms with Crippen molar-refractivity contribution >= 4 is 33.0 Å². The minimum atomic E-state index is -3.66. The Balaban J connectivity index is 0.00000100. The number of thioether (sulfide) groups is 1. The van der Waals surface area contributed by atoms with E-state index in [9.17, 15) is 8.42 Å². The Labute approximate surface area is 235 Å². The largest absolute Gasteiger partial charge is 0.463 e. The number of nitrogens with one attached hydrogen (secondary N) is 1. The van der Waals surface area contributed by atoms with Crippen molar-refractivity contribution in [3.63, 3.8) is 0 Å². The van der Waals surface area contributed by atoms with E-state index in [1.54, 1.807) is 24.5 Å². The molecule has 3 heterocycles. The summed E-state index contributed by atoms with van der Waals surface area (Å²) in [6, 6.07) is 17.1. The van der Waals surface area contributed by atoms with Gasteiger partial charge in [-0.1, -0.05) is 56.5 Å². The SMILES string of the molecule is C=C(c1occc1C)N1CCN(c2ccc(CNC3=C(N)Sc4ccccc4S3(=O)=O)cc2)CC1.CC.[NH3+]O. The van der Waals surface area contributed by atoms with Gasteiger partial charge in [0, 0.05) is 43.3 Å². The minimum Gasteiger partial charge on any atom is -0.463 e. The number of hydrogen-bond donors (Lipinski definition) is 4. The lowest BCUT2D eigenvalue weighted by Gasteiger charge is -2.37. The van der Waals surface area contributed by atoms with E-state index in [1.165, 1.54) is 11.8 Å². The highest BCUT2D eigenvalue weighted by Crippen LogP contribution is 2.39. The smallest absolute Gasteiger partial charge is 0.225 e. The zero-order valence-electron chi connectivity index (χ0n) is 22.7. The fourth-order valence-corrected chi connectivity index (χ4v) is 7.36. The molecular formula is C28H38N5O4S2+. The first kappa shape index (κ1) is 30.2. The summed E-state index contributed by atoms with van der Waals surface area (Å²) in [5.41, 5.74) is 10.3. The van der Waals surface area contributed by atoms with Crippen molar-refractivity contribution in [2.45, 2.75) is 37.1 Å². The number of nitrogens with two attached hydrogens (primary N) is 1. The lowest BCUT2D eigenvalue weighted by Crippen LogP contribution is -2.45. The van der Waals surface area contributed by atoms with Crippen LogP contribution in [-0.2, 0) is 16.4 Å². The summed E-state index contributed by atoms with van der Waals surface area (Å²) in [7, 11) is -3.66. The van der Waals surface area contributed by atoms with E-state index in [0.717, 1.165) is 54.5 Å². The average molecular weight is 573 g/mol. The van der Waals surface area contributed by atoms with Crippen molar-refractivity contribution in [3.8, 4) is 0 Å². The molecule has 5 rings (SSSR count). The number of piperazine rings is 1. The Bertz CT molecular complexity index is 1390. The van der Waals surface area contributed by atoms with Crippen LogP contribution in [0.1, 0.15) is 30.7 Å². The number of benzene rings is 2. The number of hydrogen-bond acceptors (Lipinski definition) is 9. The van der Waals surface area contributed by atoms with Crippen LogP contribution in [-0.4, -0.2) is 44.7 Å². The fraction of sp³-hybridized carbons (Fsp3) is 0.286. The number of anilines is 1. The fourth-order valence-electron chi connectivity index (χ4n) is 4.40. The molecule has 0 amide bonds. The molecule has 1 saturated heterocycles. The average Bonchev–Trinajstić information content (AvgIpc) is 3.40. The maximum Gasteiger partial charge on any atom is 0.225 e. The van der Waals surface area contributed by atoms with Crippen LogP contribution in [0, 0.1) is 6.92 Å². The number of aryl methyl sites for hydroxylation is 1. The lowest BCUT2D eigenvalue weighted by molar-refractivity contribution is -0.670.